The predicted molar refractivity (Wildman–Crippen MR) is 96.1 cm³/mol. The van der Waals surface area contributed by atoms with Gasteiger partial charge in [-0.2, -0.15) is 0 Å². The average Bonchev–Trinajstić information content (AvgIpc) is 3.00. The van der Waals surface area contributed by atoms with Gasteiger partial charge in [-0.05, 0) is 12.1 Å². The third-order valence-electron chi connectivity index (χ3n) is 4.27. The zero-order valence-corrected chi connectivity index (χ0v) is 16.4. The number of hydrogen-bond acceptors (Lipinski definition) is 12. The average molecular weight is 454 g/mol. The second kappa shape index (κ2) is 9.45. The van der Waals surface area contributed by atoms with Gasteiger partial charge in [-0.3, -0.25) is 28.9 Å². The number of imide groups is 1. The van der Waals surface area contributed by atoms with Crippen LogP contribution >= 0.6 is 0 Å². The standard InChI is InChI=1S/C16H14N4O12/c1-17(7-32-20(28)29)13(22)9-4-11-10(3-8(9)5-21)14(23)18(15(11)24)12(16(25)30-2)6-31-19(26)27/h3-5,12H,6-7H2,1-2H3. The molecule has 3 amide bonds. The summed E-state index contributed by atoms with van der Waals surface area (Å²) in [5, 5.41) is 18.4. The van der Waals surface area contributed by atoms with Crippen molar-refractivity contribution in [1.82, 2.24) is 9.80 Å². The van der Waals surface area contributed by atoms with Gasteiger partial charge >= 0.3 is 5.97 Å². The summed E-state index contributed by atoms with van der Waals surface area (Å²) in [7, 11) is 2.04. The largest absolute Gasteiger partial charge is 0.467 e. The summed E-state index contributed by atoms with van der Waals surface area (Å²) in [5.41, 5.74) is -1.45. The second-order valence-electron chi connectivity index (χ2n) is 6.13. The summed E-state index contributed by atoms with van der Waals surface area (Å²) in [5.74, 6) is -4.33. The molecule has 16 heteroatoms. The zero-order chi connectivity index (χ0) is 24.2. The number of amides is 3. The molecule has 0 saturated carbocycles. The van der Waals surface area contributed by atoms with Gasteiger partial charge in [0.25, 0.3) is 27.9 Å². The zero-order valence-electron chi connectivity index (χ0n) is 16.4. The summed E-state index contributed by atoms with van der Waals surface area (Å²) < 4.78 is 4.46. The van der Waals surface area contributed by atoms with Crippen LogP contribution in [0.1, 0.15) is 41.4 Å². The van der Waals surface area contributed by atoms with Crippen molar-refractivity contribution in [1.29, 1.82) is 0 Å². The molecular formula is C16H14N4O12. The van der Waals surface area contributed by atoms with Crippen molar-refractivity contribution in [3.05, 3.63) is 54.6 Å². The number of hydrogen-bond donors (Lipinski definition) is 0. The van der Waals surface area contributed by atoms with Crippen LogP contribution in [0.25, 0.3) is 0 Å². The van der Waals surface area contributed by atoms with Crippen LogP contribution in [-0.4, -0.2) is 83.5 Å². The van der Waals surface area contributed by atoms with E-state index in [0.29, 0.717) is 4.90 Å². The van der Waals surface area contributed by atoms with Crippen LogP contribution in [0, 0.1) is 20.2 Å². The number of carbonyl (C=O) groups excluding carboxylic acids is 5. The predicted octanol–water partition coefficient (Wildman–Crippen LogP) is -0.917. The van der Waals surface area contributed by atoms with Gasteiger partial charge in [-0.25, -0.2) is 4.79 Å². The number of benzene rings is 1. The molecule has 170 valence electrons. The Labute approximate surface area is 177 Å². The van der Waals surface area contributed by atoms with Gasteiger partial charge in [-0.15, -0.1) is 20.2 Å². The van der Waals surface area contributed by atoms with E-state index in [0.717, 1.165) is 31.2 Å². The lowest BCUT2D eigenvalue weighted by Gasteiger charge is -2.22. The molecule has 0 bridgehead atoms. The molecule has 1 heterocycles. The Hall–Kier alpha value is -4.63. The number of aldehydes is 1. The highest BCUT2D eigenvalue weighted by molar-refractivity contribution is 6.24. The van der Waals surface area contributed by atoms with Gasteiger partial charge in [-0.1, -0.05) is 0 Å². The van der Waals surface area contributed by atoms with Gasteiger partial charge in [0.05, 0.1) is 23.8 Å². The number of nitrogens with zero attached hydrogens (tertiary/aromatic N) is 4. The summed E-state index contributed by atoms with van der Waals surface area (Å²) in [6.45, 7) is -1.80. The minimum atomic E-state index is -1.83. The van der Waals surface area contributed by atoms with E-state index in [4.69, 9.17) is 0 Å². The first kappa shape index (κ1) is 23.6. The Balaban J connectivity index is 2.46. The van der Waals surface area contributed by atoms with Crippen molar-refractivity contribution < 1.29 is 48.6 Å². The van der Waals surface area contributed by atoms with Crippen molar-refractivity contribution in [3.8, 4) is 0 Å². The Bertz CT molecular complexity index is 1020. The topological polar surface area (TPSA) is 206 Å². The molecule has 0 N–H and O–H groups in total. The van der Waals surface area contributed by atoms with Crippen molar-refractivity contribution in [2.24, 2.45) is 0 Å². The minimum absolute atomic E-state index is 0.212. The molecule has 1 aliphatic heterocycles. The van der Waals surface area contributed by atoms with Crippen LogP contribution in [0.15, 0.2) is 12.1 Å². The lowest BCUT2D eigenvalue weighted by Crippen LogP contribution is -2.48. The molecule has 0 spiro atoms. The first-order valence-electron chi connectivity index (χ1n) is 8.42. The lowest BCUT2D eigenvalue weighted by atomic mass is 9.99. The SMILES string of the molecule is COC(=O)C(CO[N+](=O)[O-])N1C(=O)c2cc(C=O)c(C(=O)N(C)CO[N+](=O)[O-])cc2C1=O. The summed E-state index contributed by atoms with van der Waals surface area (Å²) in [6, 6.07) is -0.0129. The van der Waals surface area contributed by atoms with E-state index in [-0.39, 0.29) is 28.5 Å². The van der Waals surface area contributed by atoms with Crippen LogP contribution in [0.2, 0.25) is 0 Å². The smallest absolute Gasteiger partial charge is 0.331 e. The van der Waals surface area contributed by atoms with Crippen molar-refractivity contribution in [2.75, 3.05) is 27.5 Å². The monoisotopic (exact) mass is 454 g/mol. The number of ether oxygens (including phenoxy) is 1. The number of esters is 1. The molecule has 1 aromatic rings. The van der Waals surface area contributed by atoms with Crippen LogP contribution in [-0.2, 0) is 19.2 Å². The summed E-state index contributed by atoms with van der Waals surface area (Å²) in [6.07, 6.45) is 0.212. The highest BCUT2D eigenvalue weighted by Gasteiger charge is 2.45. The van der Waals surface area contributed by atoms with E-state index in [2.05, 4.69) is 14.4 Å². The van der Waals surface area contributed by atoms with Crippen LogP contribution in [0.4, 0.5) is 0 Å². The highest BCUT2D eigenvalue weighted by Crippen LogP contribution is 2.28. The van der Waals surface area contributed by atoms with Crippen LogP contribution in [0.3, 0.4) is 0 Å². The van der Waals surface area contributed by atoms with E-state index >= 15 is 0 Å². The van der Waals surface area contributed by atoms with E-state index in [1.807, 2.05) is 0 Å². The molecule has 0 radical (unpaired) electrons. The third-order valence-corrected chi connectivity index (χ3v) is 4.27. The van der Waals surface area contributed by atoms with Gasteiger partial charge in [0.1, 0.15) is 6.61 Å². The van der Waals surface area contributed by atoms with Gasteiger partial charge < -0.3 is 14.5 Å². The number of methoxy groups -OCH3 is 1. The van der Waals surface area contributed by atoms with E-state index in [1.165, 1.54) is 0 Å². The van der Waals surface area contributed by atoms with E-state index in [9.17, 15) is 44.2 Å². The molecule has 1 aromatic carbocycles. The fourth-order valence-corrected chi connectivity index (χ4v) is 2.80. The second-order valence-corrected chi connectivity index (χ2v) is 6.13. The Morgan fingerprint density at radius 2 is 1.69 bits per heavy atom. The maximum absolute atomic E-state index is 12.8. The number of carbonyl (C=O) groups is 5. The molecule has 2 rings (SSSR count). The summed E-state index contributed by atoms with van der Waals surface area (Å²) >= 11 is 0. The van der Waals surface area contributed by atoms with Crippen molar-refractivity contribution in [3.63, 3.8) is 0 Å². The Kier molecular flexibility index (Phi) is 6.99. The number of fused-ring (bicyclic) bond motifs is 1. The molecule has 32 heavy (non-hydrogen) atoms. The van der Waals surface area contributed by atoms with Gasteiger partial charge in [0, 0.05) is 12.6 Å². The van der Waals surface area contributed by atoms with Gasteiger partial charge in [0.15, 0.2) is 19.1 Å². The molecular weight excluding hydrogens is 440 g/mol. The molecule has 1 atom stereocenters. The first-order valence-corrected chi connectivity index (χ1v) is 8.42. The molecule has 1 aliphatic rings. The molecule has 1 unspecified atom stereocenters. The van der Waals surface area contributed by atoms with Crippen molar-refractivity contribution in [2.45, 2.75) is 6.04 Å². The van der Waals surface area contributed by atoms with E-state index in [1.54, 1.807) is 0 Å². The summed E-state index contributed by atoms with van der Waals surface area (Å²) in [4.78, 5) is 91.6. The van der Waals surface area contributed by atoms with Crippen LogP contribution < -0.4 is 0 Å². The molecule has 0 aliphatic carbocycles. The highest BCUT2D eigenvalue weighted by atomic mass is 17.0. The van der Waals surface area contributed by atoms with E-state index < -0.39 is 53.2 Å². The minimum Gasteiger partial charge on any atom is -0.467 e. The van der Waals surface area contributed by atoms with Gasteiger partial charge in [0.2, 0.25) is 0 Å². The first-order chi connectivity index (χ1) is 15.0. The molecule has 0 aromatic heterocycles. The molecule has 16 nitrogen and oxygen atoms in total. The van der Waals surface area contributed by atoms with Crippen LogP contribution in [0.5, 0.6) is 0 Å². The Morgan fingerprint density at radius 1 is 1.12 bits per heavy atom. The maximum atomic E-state index is 12.8. The normalized spacial score (nSPS) is 13.1. The maximum Gasteiger partial charge on any atom is 0.331 e. The molecule has 0 saturated heterocycles. The quantitative estimate of drug-likeness (QED) is 0.105. The Morgan fingerprint density at radius 3 is 2.19 bits per heavy atom. The third kappa shape index (κ3) is 4.58. The molecule has 0 fully saturated rings. The number of rotatable bonds is 10. The van der Waals surface area contributed by atoms with Crippen molar-refractivity contribution >= 4 is 30.0 Å². The lowest BCUT2D eigenvalue weighted by molar-refractivity contribution is -0.761. The fraction of sp³-hybridized carbons (Fsp3) is 0.312. The fourth-order valence-electron chi connectivity index (χ4n) is 2.80.